The van der Waals surface area contributed by atoms with Crippen LogP contribution in [0.15, 0.2) is 66.9 Å². The number of hydrogen-bond donors (Lipinski definition) is 4. The molecule has 2 fully saturated rings. The molecule has 1 saturated heterocycles. The quantitative estimate of drug-likeness (QED) is 0.160. The molecule has 2 aromatic carbocycles. The maximum atomic E-state index is 14.3. The predicted molar refractivity (Wildman–Crippen MR) is 187 cm³/mol. The van der Waals surface area contributed by atoms with E-state index in [-0.39, 0.29) is 29.4 Å². The number of pyridine rings is 1. The summed E-state index contributed by atoms with van der Waals surface area (Å²) in [5, 5.41) is 16.4. The molecule has 6 rings (SSSR count). The fourth-order valence-corrected chi connectivity index (χ4v) is 6.96. The zero-order valence-electron chi connectivity index (χ0n) is 28.5. The lowest BCUT2D eigenvalue weighted by atomic mass is 9.91. The van der Waals surface area contributed by atoms with Crippen LogP contribution in [0.2, 0.25) is 0 Å². The lowest BCUT2D eigenvalue weighted by molar-refractivity contribution is 0.0887. The van der Waals surface area contributed by atoms with Crippen LogP contribution in [-0.2, 0) is 6.42 Å². The first-order valence-electron chi connectivity index (χ1n) is 17.3. The number of amides is 2. The third-order valence-corrected chi connectivity index (χ3v) is 9.32. The van der Waals surface area contributed by atoms with Crippen molar-refractivity contribution in [3.8, 4) is 22.8 Å². The van der Waals surface area contributed by atoms with Crippen LogP contribution in [0.25, 0.3) is 11.1 Å². The second kappa shape index (κ2) is 15.7. The first-order chi connectivity index (χ1) is 23.7. The third-order valence-electron chi connectivity index (χ3n) is 9.32. The highest BCUT2D eigenvalue weighted by atomic mass is 19.1. The molecule has 49 heavy (non-hydrogen) atoms. The topological polar surface area (TPSA) is 124 Å². The number of carbonyl (C=O) groups is 2. The van der Waals surface area contributed by atoms with E-state index in [9.17, 15) is 14.0 Å². The Kier molecular flexibility index (Phi) is 11.0. The van der Waals surface area contributed by atoms with Crippen molar-refractivity contribution >= 4 is 11.8 Å². The normalized spacial score (nSPS) is 21.2. The molecule has 1 aliphatic heterocycles. The maximum absolute atomic E-state index is 14.3. The van der Waals surface area contributed by atoms with E-state index in [4.69, 9.17) is 4.74 Å². The Balaban J connectivity index is 1.03. The highest BCUT2D eigenvalue weighted by Gasteiger charge is 2.26. The number of aryl methyl sites for hydroxylation is 2. The maximum Gasteiger partial charge on any atom is 0.269 e. The molecular weight excluding hydrogens is 621 g/mol. The first kappa shape index (κ1) is 34.3. The second-order valence-corrected chi connectivity index (χ2v) is 13.6. The minimum atomic E-state index is -0.621. The van der Waals surface area contributed by atoms with E-state index in [0.29, 0.717) is 49.2 Å². The SMILES string of the molecule is Cc1cc(C(=O)N[C@H]2CC[C@@H](NC(=O)c3cc(F)cnc3Oc3cccc(-c4ccc(CCCN5C[C@@H](C)N[C@@H](C)C5)cc4)c3)CC2)[nH]n1. The fraction of sp³-hybridized carbons (Fsp3) is 0.421. The summed E-state index contributed by atoms with van der Waals surface area (Å²) in [6.45, 7) is 9.60. The number of aromatic amines is 1. The van der Waals surface area contributed by atoms with Crippen molar-refractivity contribution in [2.45, 2.75) is 83.5 Å². The Bertz CT molecular complexity index is 1730. The van der Waals surface area contributed by atoms with E-state index in [0.717, 1.165) is 61.6 Å². The fourth-order valence-electron chi connectivity index (χ4n) is 6.96. The Morgan fingerprint density at radius 1 is 0.918 bits per heavy atom. The van der Waals surface area contributed by atoms with Gasteiger partial charge < -0.3 is 25.6 Å². The highest BCUT2D eigenvalue weighted by molar-refractivity contribution is 5.96. The summed E-state index contributed by atoms with van der Waals surface area (Å²) >= 11 is 0. The van der Waals surface area contributed by atoms with Crippen LogP contribution >= 0.6 is 0 Å². The van der Waals surface area contributed by atoms with Crippen LogP contribution in [0.4, 0.5) is 4.39 Å². The molecule has 4 N–H and O–H groups in total. The van der Waals surface area contributed by atoms with E-state index >= 15 is 0 Å². The molecule has 2 aromatic heterocycles. The predicted octanol–water partition coefficient (Wildman–Crippen LogP) is 5.80. The molecule has 0 radical (unpaired) electrons. The van der Waals surface area contributed by atoms with Crippen LogP contribution in [0, 0.1) is 12.7 Å². The summed E-state index contributed by atoms with van der Waals surface area (Å²) in [6, 6.07) is 20.0. The van der Waals surface area contributed by atoms with Crippen molar-refractivity contribution in [3.05, 3.63) is 95.2 Å². The largest absolute Gasteiger partial charge is 0.438 e. The van der Waals surface area contributed by atoms with Gasteiger partial charge in [0.05, 0.1) is 11.9 Å². The van der Waals surface area contributed by atoms with Crippen molar-refractivity contribution in [3.63, 3.8) is 0 Å². The monoisotopic (exact) mass is 667 g/mol. The van der Waals surface area contributed by atoms with Crippen molar-refractivity contribution < 1.29 is 18.7 Å². The van der Waals surface area contributed by atoms with Gasteiger partial charge in [-0.1, -0.05) is 36.4 Å². The molecule has 0 unspecified atom stereocenters. The van der Waals surface area contributed by atoms with Gasteiger partial charge >= 0.3 is 0 Å². The summed E-state index contributed by atoms with van der Waals surface area (Å²) < 4.78 is 20.4. The van der Waals surface area contributed by atoms with Gasteiger partial charge in [0.1, 0.15) is 22.8 Å². The summed E-state index contributed by atoms with van der Waals surface area (Å²) in [7, 11) is 0. The van der Waals surface area contributed by atoms with Crippen molar-refractivity contribution in [1.29, 1.82) is 0 Å². The Morgan fingerprint density at radius 3 is 2.29 bits per heavy atom. The minimum absolute atomic E-state index is 0.00195. The number of ether oxygens (including phenoxy) is 1. The number of aromatic nitrogens is 3. The molecule has 2 amide bonds. The zero-order valence-corrected chi connectivity index (χ0v) is 28.5. The van der Waals surface area contributed by atoms with Gasteiger partial charge in [0.25, 0.3) is 11.8 Å². The van der Waals surface area contributed by atoms with Crippen molar-refractivity contribution in [2.75, 3.05) is 19.6 Å². The van der Waals surface area contributed by atoms with E-state index in [2.05, 4.69) is 74.1 Å². The van der Waals surface area contributed by atoms with Gasteiger partial charge in [-0.2, -0.15) is 5.10 Å². The van der Waals surface area contributed by atoms with E-state index in [1.54, 1.807) is 12.1 Å². The van der Waals surface area contributed by atoms with Gasteiger partial charge in [-0.25, -0.2) is 9.37 Å². The molecule has 258 valence electrons. The van der Waals surface area contributed by atoms with Crippen molar-refractivity contribution in [2.24, 2.45) is 0 Å². The smallest absolute Gasteiger partial charge is 0.269 e. The highest BCUT2D eigenvalue weighted by Crippen LogP contribution is 2.29. The zero-order chi connectivity index (χ0) is 34.3. The van der Waals surface area contributed by atoms with Gasteiger partial charge in [0.2, 0.25) is 5.88 Å². The molecule has 2 atom stereocenters. The molecule has 3 heterocycles. The number of rotatable bonds is 11. The van der Waals surface area contributed by atoms with Gasteiger partial charge in [0.15, 0.2) is 0 Å². The second-order valence-electron chi connectivity index (χ2n) is 13.6. The molecule has 0 spiro atoms. The summed E-state index contributed by atoms with van der Waals surface area (Å²) in [5.41, 5.74) is 4.54. The summed E-state index contributed by atoms with van der Waals surface area (Å²) in [5.74, 6) is -0.726. The van der Waals surface area contributed by atoms with Crippen molar-refractivity contribution in [1.82, 2.24) is 36.0 Å². The minimum Gasteiger partial charge on any atom is -0.438 e. The molecule has 2 aliphatic rings. The average molecular weight is 668 g/mol. The molecule has 11 heteroatoms. The Morgan fingerprint density at radius 2 is 1.61 bits per heavy atom. The number of H-pyrrole nitrogens is 1. The van der Waals surface area contributed by atoms with Gasteiger partial charge in [-0.3, -0.25) is 14.7 Å². The average Bonchev–Trinajstić information content (AvgIpc) is 3.53. The first-order valence-corrected chi connectivity index (χ1v) is 17.3. The third kappa shape index (κ3) is 9.30. The van der Waals surface area contributed by atoms with Crippen LogP contribution in [0.3, 0.4) is 0 Å². The molecule has 1 aliphatic carbocycles. The van der Waals surface area contributed by atoms with E-state index < -0.39 is 11.7 Å². The lowest BCUT2D eigenvalue weighted by Crippen LogP contribution is -2.54. The molecule has 1 saturated carbocycles. The Labute approximate surface area is 287 Å². The van der Waals surface area contributed by atoms with Crippen LogP contribution in [0.5, 0.6) is 11.6 Å². The molecule has 10 nitrogen and oxygen atoms in total. The number of hydrogen-bond acceptors (Lipinski definition) is 7. The van der Waals surface area contributed by atoms with E-state index in [1.165, 1.54) is 5.56 Å². The Hall–Kier alpha value is -4.61. The summed E-state index contributed by atoms with van der Waals surface area (Å²) in [4.78, 5) is 32.5. The number of carbonyl (C=O) groups excluding carboxylic acids is 2. The van der Waals surface area contributed by atoms with Gasteiger partial charge in [-0.05, 0) is 107 Å². The van der Waals surface area contributed by atoms with Gasteiger partial charge in [-0.15, -0.1) is 0 Å². The molecular formula is C38H46FN7O3. The number of nitrogens with zero attached hydrogens (tertiary/aromatic N) is 3. The van der Waals surface area contributed by atoms with Crippen LogP contribution in [-0.4, -0.2) is 75.7 Å². The number of piperazine rings is 1. The molecule has 0 bridgehead atoms. The van der Waals surface area contributed by atoms with Crippen LogP contribution in [0.1, 0.15) is 78.1 Å². The summed E-state index contributed by atoms with van der Waals surface area (Å²) in [6.07, 6.45) is 5.96. The van der Waals surface area contributed by atoms with Gasteiger partial charge in [0, 0.05) is 37.3 Å². The molecule has 4 aromatic rings. The number of nitrogens with one attached hydrogen (secondary N) is 4. The number of benzene rings is 2. The standard InChI is InChI=1S/C38H46FN7O3/c1-24-18-35(45-44-24)37(48)43-32-15-13-31(14-16-32)42-36(47)34-20-30(39)21-40-38(34)49-33-8-4-7-29(19-33)28-11-9-27(10-12-28)6-5-17-46-22-25(2)41-26(3)23-46/h4,7-12,18-21,25-26,31-32,41H,5-6,13-17,22-23H2,1-3H3,(H,42,47)(H,43,48)(H,44,45)/t25-,26+,31-,32+. The van der Waals surface area contributed by atoms with Crippen LogP contribution < -0.4 is 20.7 Å². The number of halogens is 1. The lowest BCUT2D eigenvalue weighted by Gasteiger charge is -2.36. The van der Waals surface area contributed by atoms with E-state index in [1.807, 2.05) is 25.1 Å².